The van der Waals surface area contributed by atoms with Crippen LogP contribution in [0.1, 0.15) is 26.3 Å². The summed E-state index contributed by atoms with van der Waals surface area (Å²) in [6.45, 7) is 0. The van der Waals surface area contributed by atoms with Gasteiger partial charge in [-0.25, -0.2) is 9.18 Å². The lowest BCUT2D eigenvalue weighted by molar-refractivity contribution is 0.0734. The third-order valence-electron chi connectivity index (χ3n) is 4.06. The van der Waals surface area contributed by atoms with Gasteiger partial charge in [-0.3, -0.25) is 4.79 Å². The Labute approximate surface area is 164 Å². The summed E-state index contributed by atoms with van der Waals surface area (Å²) in [6, 6.07) is 16.6. The van der Waals surface area contributed by atoms with Gasteiger partial charge in [-0.15, -0.1) is 0 Å². The third kappa shape index (κ3) is 3.66. The third-order valence-corrected chi connectivity index (χ3v) is 4.29. The Morgan fingerprint density at radius 1 is 1.04 bits per heavy atom. The van der Waals surface area contributed by atoms with Crippen molar-refractivity contribution in [2.24, 2.45) is 0 Å². The van der Waals surface area contributed by atoms with Crippen LogP contribution in [0.15, 0.2) is 72.5 Å². The van der Waals surface area contributed by atoms with Crippen molar-refractivity contribution in [3.8, 4) is 11.5 Å². The molecule has 0 amide bonds. The van der Waals surface area contributed by atoms with Gasteiger partial charge in [-0.2, -0.15) is 0 Å². The minimum atomic E-state index is -0.710. The van der Waals surface area contributed by atoms with Gasteiger partial charge in [-0.05, 0) is 54.1 Å². The van der Waals surface area contributed by atoms with Crippen LogP contribution in [0.25, 0.3) is 6.08 Å². The molecule has 0 saturated carbocycles. The number of rotatable bonds is 3. The van der Waals surface area contributed by atoms with E-state index in [-0.39, 0.29) is 28.6 Å². The summed E-state index contributed by atoms with van der Waals surface area (Å²) in [5, 5.41) is 0.545. The highest BCUT2D eigenvalue weighted by atomic mass is 35.5. The quantitative estimate of drug-likeness (QED) is 0.343. The molecule has 0 unspecified atom stereocenters. The number of Topliss-reactive ketones (excluding diaryl/α,β-unsaturated/α-hetero) is 1. The van der Waals surface area contributed by atoms with Crippen LogP contribution < -0.4 is 9.47 Å². The van der Waals surface area contributed by atoms with E-state index >= 15 is 0 Å². The highest BCUT2D eigenvalue weighted by molar-refractivity contribution is 6.30. The predicted octanol–water partition coefficient (Wildman–Crippen LogP) is 5.31. The first kappa shape index (κ1) is 17.9. The molecule has 1 aliphatic rings. The first-order chi connectivity index (χ1) is 13.5. The molecule has 138 valence electrons. The van der Waals surface area contributed by atoms with Gasteiger partial charge >= 0.3 is 5.97 Å². The van der Waals surface area contributed by atoms with Crippen molar-refractivity contribution < 1.29 is 23.5 Å². The zero-order chi connectivity index (χ0) is 19.7. The lowest BCUT2D eigenvalue weighted by Gasteiger charge is -2.05. The van der Waals surface area contributed by atoms with E-state index in [2.05, 4.69) is 0 Å². The normalized spacial score (nSPS) is 13.9. The standard InChI is InChI=1S/C22H12ClFO4/c23-15-5-1-3-13(9-15)10-20-21(25)18-8-7-17(12-19(18)28-20)27-22(26)14-4-2-6-16(24)11-14/h1-12H/b20-10-. The minimum Gasteiger partial charge on any atom is -0.452 e. The molecule has 0 aliphatic carbocycles. The summed E-state index contributed by atoms with van der Waals surface area (Å²) in [7, 11) is 0. The van der Waals surface area contributed by atoms with Crippen LogP contribution in [0.5, 0.6) is 11.5 Å². The van der Waals surface area contributed by atoms with Crippen molar-refractivity contribution in [2.45, 2.75) is 0 Å². The number of benzene rings is 3. The maximum absolute atomic E-state index is 13.3. The highest BCUT2D eigenvalue weighted by Gasteiger charge is 2.28. The number of halogens is 2. The molecule has 4 nitrogen and oxygen atoms in total. The number of carbonyl (C=O) groups is 2. The zero-order valence-corrected chi connectivity index (χ0v) is 15.1. The number of hydrogen-bond donors (Lipinski definition) is 0. The molecule has 0 bridgehead atoms. The molecule has 3 aromatic rings. The Kier molecular flexibility index (Phi) is 4.67. The SMILES string of the molecule is O=C(Oc1ccc2c(c1)O/C(=C\c1cccc(Cl)c1)C2=O)c1cccc(F)c1. The maximum atomic E-state index is 13.3. The molecule has 0 fully saturated rings. The largest absolute Gasteiger partial charge is 0.452 e. The zero-order valence-electron chi connectivity index (χ0n) is 14.3. The molecule has 0 aromatic heterocycles. The van der Waals surface area contributed by atoms with Gasteiger partial charge < -0.3 is 9.47 Å². The number of ketones is 1. The molecule has 1 aliphatic heterocycles. The van der Waals surface area contributed by atoms with Gasteiger partial charge in [0.05, 0.1) is 11.1 Å². The number of fused-ring (bicyclic) bond motifs is 1. The van der Waals surface area contributed by atoms with E-state index in [1.165, 1.54) is 36.4 Å². The fourth-order valence-corrected chi connectivity index (χ4v) is 2.96. The minimum absolute atomic E-state index is 0.0824. The number of ether oxygens (including phenoxy) is 2. The Morgan fingerprint density at radius 2 is 1.86 bits per heavy atom. The predicted molar refractivity (Wildman–Crippen MR) is 102 cm³/mol. The first-order valence-corrected chi connectivity index (χ1v) is 8.69. The van der Waals surface area contributed by atoms with E-state index in [9.17, 15) is 14.0 Å². The smallest absolute Gasteiger partial charge is 0.343 e. The summed E-state index contributed by atoms with van der Waals surface area (Å²) in [4.78, 5) is 24.7. The highest BCUT2D eigenvalue weighted by Crippen LogP contribution is 2.35. The second-order valence-corrected chi connectivity index (χ2v) is 6.49. The average molecular weight is 395 g/mol. The molecule has 0 N–H and O–H groups in total. The summed E-state index contributed by atoms with van der Waals surface area (Å²) < 4.78 is 24.1. The molecule has 0 atom stereocenters. The van der Waals surface area contributed by atoms with Crippen molar-refractivity contribution >= 4 is 29.4 Å². The van der Waals surface area contributed by atoms with E-state index in [0.717, 1.165) is 11.6 Å². The lowest BCUT2D eigenvalue weighted by Crippen LogP contribution is -2.08. The van der Waals surface area contributed by atoms with Gasteiger partial charge in [0, 0.05) is 11.1 Å². The van der Waals surface area contributed by atoms with Gasteiger partial charge in [0.15, 0.2) is 5.76 Å². The Balaban J connectivity index is 1.56. The number of carbonyl (C=O) groups excluding carboxylic acids is 2. The lowest BCUT2D eigenvalue weighted by atomic mass is 10.1. The molecule has 28 heavy (non-hydrogen) atoms. The van der Waals surface area contributed by atoms with Gasteiger partial charge in [-0.1, -0.05) is 29.8 Å². The van der Waals surface area contributed by atoms with Crippen molar-refractivity contribution in [1.29, 1.82) is 0 Å². The van der Waals surface area contributed by atoms with Crippen LogP contribution in [-0.2, 0) is 0 Å². The van der Waals surface area contributed by atoms with Crippen molar-refractivity contribution in [3.05, 3.63) is 100 Å². The van der Waals surface area contributed by atoms with E-state index in [1.807, 2.05) is 0 Å². The van der Waals surface area contributed by atoms with Crippen LogP contribution in [0, 0.1) is 5.82 Å². The number of hydrogen-bond acceptors (Lipinski definition) is 4. The maximum Gasteiger partial charge on any atom is 0.343 e. The number of esters is 1. The Hall–Kier alpha value is -3.44. The topological polar surface area (TPSA) is 52.6 Å². The second kappa shape index (κ2) is 7.29. The van der Waals surface area contributed by atoms with Crippen LogP contribution in [0.3, 0.4) is 0 Å². The van der Waals surface area contributed by atoms with E-state index in [4.69, 9.17) is 21.1 Å². The average Bonchev–Trinajstić information content (AvgIpc) is 2.97. The molecule has 3 aromatic carbocycles. The molecule has 0 spiro atoms. The fourth-order valence-electron chi connectivity index (χ4n) is 2.76. The molecular weight excluding hydrogens is 383 g/mol. The molecule has 6 heteroatoms. The van der Waals surface area contributed by atoms with Crippen molar-refractivity contribution in [2.75, 3.05) is 0 Å². The van der Waals surface area contributed by atoms with Crippen LogP contribution in [0.2, 0.25) is 5.02 Å². The monoisotopic (exact) mass is 394 g/mol. The van der Waals surface area contributed by atoms with E-state index < -0.39 is 11.8 Å². The van der Waals surface area contributed by atoms with Gasteiger partial charge in [0.1, 0.15) is 17.3 Å². The molecular formula is C22H12ClFO4. The van der Waals surface area contributed by atoms with Crippen molar-refractivity contribution in [3.63, 3.8) is 0 Å². The van der Waals surface area contributed by atoms with Gasteiger partial charge in [0.2, 0.25) is 5.78 Å². The molecule has 4 rings (SSSR count). The van der Waals surface area contributed by atoms with E-state index in [0.29, 0.717) is 10.6 Å². The van der Waals surface area contributed by atoms with Crippen molar-refractivity contribution in [1.82, 2.24) is 0 Å². The Bertz CT molecular complexity index is 1140. The summed E-state index contributed by atoms with van der Waals surface area (Å²) in [5.41, 5.74) is 1.17. The molecule has 1 heterocycles. The van der Waals surface area contributed by atoms with Crippen LogP contribution in [-0.4, -0.2) is 11.8 Å². The van der Waals surface area contributed by atoms with E-state index in [1.54, 1.807) is 30.3 Å². The second-order valence-electron chi connectivity index (χ2n) is 6.05. The molecule has 0 saturated heterocycles. The van der Waals surface area contributed by atoms with Crippen LogP contribution in [0.4, 0.5) is 4.39 Å². The van der Waals surface area contributed by atoms with Gasteiger partial charge in [0.25, 0.3) is 0 Å². The van der Waals surface area contributed by atoms with Crippen LogP contribution >= 0.6 is 11.6 Å². The summed E-state index contributed by atoms with van der Waals surface area (Å²) >= 11 is 5.96. The summed E-state index contributed by atoms with van der Waals surface area (Å²) in [5.74, 6) is -0.914. The summed E-state index contributed by atoms with van der Waals surface area (Å²) in [6.07, 6.45) is 1.59. The Morgan fingerprint density at radius 3 is 2.64 bits per heavy atom. The fraction of sp³-hybridized carbons (Fsp3) is 0. The number of allylic oxidation sites excluding steroid dienone is 1. The molecule has 0 radical (unpaired) electrons. The first-order valence-electron chi connectivity index (χ1n) is 8.31.